The lowest BCUT2D eigenvalue weighted by molar-refractivity contribution is 0.389. The van der Waals surface area contributed by atoms with E-state index in [4.69, 9.17) is 9.47 Å². The van der Waals surface area contributed by atoms with E-state index < -0.39 is 10.8 Å². The molecule has 3 heterocycles. The van der Waals surface area contributed by atoms with Crippen LogP contribution < -0.4 is 9.47 Å². The first-order chi connectivity index (χ1) is 25.3. The first-order valence-corrected chi connectivity index (χ1v) is 17.4. The van der Waals surface area contributed by atoms with Crippen molar-refractivity contribution in [2.24, 2.45) is 0 Å². The highest BCUT2D eigenvalue weighted by molar-refractivity contribution is 5.80. The van der Waals surface area contributed by atoms with Crippen LogP contribution in [0.15, 0.2) is 200 Å². The van der Waals surface area contributed by atoms with E-state index in [9.17, 15) is 0 Å². The summed E-state index contributed by atoms with van der Waals surface area (Å²) in [4.78, 5) is 0. The van der Waals surface area contributed by atoms with Crippen LogP contribution in [0.2, 0.25) is 0 Å². The topological polar surface area (TPSA) is 23.4 Å². The van der Waals surface area contributed by atoms with Crippen molar-refractivity contribution in [2.75, 3.05) is 0 Å². The first-order valence-electron chi connectivity index (χ1n) is 17.4. The molecule has 0 atom stereocenters. The molecule has 0 saturated carbocycles. The lowest BCUT2D eigenvalue weighted by Crippen LogP contribution is -2.40. The van der Waals surface area contributed by atoms with E-state index in [0.717, 1.165) is 73.5 Å². The standard InChI is InChI=1S/C48H33NO2/c1-6-20-34(21-7-1)47(35-22-8-2-9-23-35)39-30-16-18-32-41(39)50-45-43(47)44-46(49(45)38-28-14-5-15-29-38)51-42-33-19-17-31-40(42)48(44,36-24-10-3-11-25-36)37-26-12-4-13-27-37/h1-33H. The molecule has 0 N–H and O–H groups in total. The van der Waals surface area contributed by atoms with E-state index in [0.29, 0.717) is 0 Å². The van der Waals surface area contributed by atoms with Crippen LogP contribution >= 0.6 is 0 Å². The van der Waals surface area contributed by atoms with Crippen LogP contribution in [0.1, 0.15) is 44.5 Å². The van der Waals surface area contributed by atoms with Gasteiger partial charge >= 0.3 is 0 Å². The van der Waals surface area contributed by atoms with Gasteiger partial charge in [-0.05, 0) is 46.5 Å². The van der Waals surface area contributed by atoms with Crippen LogP contribution in [0.25, 0.3) is 5.69 Å². The normalized spacial score (nSPS) is 14.5. The number of para-hydroxylation sites is 3. The Hall–Kier alpha value is -6.58. The zero-order chi connectivity index (χ0) is 33.8. The summed E-state index contributed by atoms with van der Waals surface area (Å²) in [6.45, 7) is 0. The molecule has 7 aromatic carbocycles. The third-order valence-corrected chi connectivity index (χ3v) is 10.7. The van der Waals surface area contributed by atoms with Crippen LogP contribution in [0.3, 0.4) is 0 Å². The molecule has 0 saturated heterocycles. The van der Waals surface area contributed by atoms with Gasteiger partial charge in [-0.25, -0.2) is 4.57 Å². The Morgan fingerprint density at radius 1 is 0.314 bits per heavy atom. The molecule has 0 spiro atoms. The van der Waals surface area contributed by atoms with Crippen LogP contribution in [-0.4, -0.2) is 4.57 Å². The van der Waals surface area contributed by atoms with Crippen LogP contribution in [0.5, 0.6) is 23.3 Å². The number of ether oxygens (including phenoxy) is 2. The molecule has 242 valence electrons. The monoisotopic (exact) mass is 655 g/mol. The number of aromatic nitrogens is 1. The average Bonchev–Trinajstić information content (AvgIpc) is 3.54. The van der Waals surface area contributed by atoms with Gasteiger partial charge in [0.2, 0.25) is 11.8 Å². The smallest absolute Gasteiger partial charge is 0.212 e. The Morgan fingerprint density at radius 3 is 0.961 bits per heavy atom. The molecule has 0 fully saturated rings. The highest BCUT2D eigenvalue weighted by Gasteiger charge is 2.57. The fourth-order valence-corrected chi connectivity index (χ4v) is 8.72. The quantitative estimate of drug-likeness (QED) is 0.184. The Bertz CT molecular complexity index is 2270. The summed E-state index contributed by atoms with van der Waals surface area (Å²) >= 11 is 0. The largest absolute Gasteiger partial charge is 0.440 e. The predicted molar refractivity (Wildman–Crippen MR) is 203 cm³/mol. The lowest BCUT2D eigenvalue weighted by atomic mass is 9.57. The number of fused-ring (bicyclic) bond motifs is 5. The molecule has 10 rings (SSSR count). The second-order valence-corrected chi connectivity index (χ2v) is 13.2. The highest BCUT2D eigenvalue weighted by Crippen LogP contribution is 2.66. The summed E-state index contributed by atoms with van der Waals surface area (Å²) in [6.07, 6.45) is 0. The van der Waals surface area contributed by atoms with E-state index in [1.807, 2.05) is 0 Å². The minimum absolute atomic E-state index is 0.738. The van der Waals surface area contributed by atoms with Crippen LogP contribution in [0.4, 0.5) is 0 Å². The van der Waals surface area contributed by atoms with Crippen molar-refractivity contribution >= 4 is 0 Å². The number of nitrogens with zero attached hydrogens (tertiary/aromatic N) is 1. The van der Waals surface area contributed by atoms with E-state index in [-0.39, 0.29) is 0 Å². The molecule has 8 aromatic rings. The summed E-state index contributed by atoms with van der Waals surface area (Å²) in [5, 5.41) is 0. The van der Waals surface area contributed by atoms with Crippen molar-refractivity contribution in [3.63, 3.8) is 0 Å². The Kier molecular flexibility index (Phi) is 6.62. The number of hydrogen-bond donors (Lipinski definition) is 0. The minimum atomic E-state index is -0.790. The summed E-state index contributed by atoms with van der Waals surface area (Å²) in [5.41, 5.74) is 8.24. The van der Waals surface area contributed by atoms with Gasteiger partial charge in [-0.2, -0.15) is 0 Å². The molecule has 2 aliphatic rings. The molecule has 3 nitrogen and oxygen atoms in total. The maximum atomic E-state index is 7.26. The van der Waals surface area contributed by atoms with Gasteiger partial charge in [0, 0.05) is 22.3 Å². The van der Waals surface area contributed by atoms with Gasteiger partial charge in [0.1, 0.15) is 11.5 Å². The molecular formula is C48H33NO2. The third-order valence-electron chi connectivity index (χ3n) is 10.7. The van der Waals surface area contributed by atoms with Gasteiger partial charge in [0.25, 0.3) is 0 Å². The fourth-order valence-electron chi connectivity index (χ4n) is 8.72. The van der Waals surface area contributed by atoms with Crippen molar-refractivity contribution in [1.29, 1.82) is 0 Å². The molecule has 0 bridgehead atoms. The molecule has 1 aromatic heterocycles. The maximum absolute atomic E-state index is 7.26. The fraction of sp³-hybridized carbons (Fsp3) is 0.0417. The minimum Gasteiger partial charge on any atom is -0.440 e. The average molecular weight is 656 g/mol. The van der Waals surface area contributed by atoms with Crippen molar-refractivity contribution in [3.05, 3.63) is 245 Å². The second kappa shape index (κ2) is 11.5. The van der Waals surface area contributed by atoms with Gasteiger partial charge in [-0.3, -0.25) is 0 Å². The summed E-state index contributed by atoms with van der Waals surface area (Å²) in [7, 11) is 0. The second-order valence-electron chi connectivity index (χ2n) is 13.2. The third kappa shape index (κ3) is 4.06. The molecule has 3 heteroatoms. The first kappa shape index (κ1) is 29.3. The van der Waals surface area contributed by atoms with E-state index in [2.05, 4.69) is 205 Å². The highest BCUT2D eigenvalue weighted by atomic mass is 16.5. The van der Waals surface area contributed by atoms with E-state index in [1.165, 1.54) is 0 Å². The molecule has 51 heavy (non-hydrogen) atoms. The van der Waals surface area contributed by atoms with Crippen molar-refractivity contribution in [1.82, 2.24) is 4.57 Å². The Morgan fingerprint density at radius 2 is 0.608 bits per heavy atom. The van der Waals surface area contributed by atoms with Crippen LogP contribution in [0, 0.1) is 0 Å². The molecule has 0 unspecified atom stereocenters. The van der Waals surface area contributed by atoms with Gasteiger partial charge in [0.05, 0.1) is 16.5 Å². The maximum Gasteiger partial charge on any atom is 0.212 e. The zero-order valence-electron chi connectivity index (χ0n) is 27.8. The molecule has 0 aliphatic carbocycles. The molecular weight excluding hydrogens is 623 g/mol. The van der Waals surface area contributed by atoms with Crippen molar-refractivity contribution in [3.8, 4) is 28.9 Å². The molecule has 0 radical (unpaired) electrons. The number of rotatable bonds is 5. The van der Waals surface area contributed by atoms with Crippen molar-refractivity contribution in [2.45, 2.75) is 10.8 Å². The Balaban J connectivity index is 1.50. The van der Waals surface area contributed by atoms with E-state index >= 15 is 0 Å². The predicted octanol–water partition coefficient (Wildman–Crippen LogP) is 11.5. The van der Waals surface area contributed by atoms with Crippen LogP contribution in [-0.2, 0) is 10.8 Å². The lowest BCUT2D eigenvalue weighted by Gasteiger charge is -2.45. The van der Waals surface area contributed by atoms with E-state index in [1.54, 1.807) is 0 Å². The summed E-state index contributed by atoms with van der Waals surface area (Å²) in [6, 6.07) is 71.1. The number of benzene rings is 7. The van der Waals surface area contributed by atoms with Gasteiger partial charge in [-0.15, -0.1) is 0 Å². The van der Waals surface area contributed by atoms with Gasteiger partial charge in [-0.1, -0.05) is 176 Å². The zero-order valence-corrected chi connectivity index (χ0v) is 27.8. The van der Waals surface area contributed by atoms with Gasteiger partial charge < -0.3 is 9.47 Å². The van der Waals surface area contributed by atoms with Crippen molar-refractivity contribution < 1.29 is 9.47 Å². The van der Waals surface area contributed by atoms with Gasteiger partial charge in [0.15, 0.2) is 0 Å². The SMILES string of the molecule is c1ccc(-n2c3c(c4c2Oc2ccccc2C4(c2ccccc2)c2ccccc2)C(c2ccccc2)(c2ccccc2)c2ccccc2O3)cc1. The molecule has 2 aliphatic heterocycles. The Labute approximate surface area is 297 Å². The molecule has 0 amide bonds. The summed E-state index contributed by atoms with van der Waals surface area (Å²) < 4.78 is 16.7. The summed E-state index contributed by atoms with van der Waals surface area (Å²) in [5.74, 6) is 3.10. The number of hydrogen-bond acceptors (Lipinski definition) is 2.